The summed E-state index contributed by atoms with van der Waals surface area (Å²) in [5, 5.41) is 12.4. The van der Waals surface area contributed by atoms with Crippen molar-refractivity contribution in [2.24, 2.45) is 10.8 Å². The van der Waals surface area contributed by atoms with Crippen molar-refractivity contribution in [3.05, 3.63) is 0 Å². The third kappa shape index (κ3) is 2.91. The van der Waals surface area contributed by atoms with Gasteiger partial charge in [-0.15, -0.1) is 0 Å². The van der Waals surface area contributed by atoms with E-state index >= 15 is 0 Å². The van der Waals surface area contributed by atoms with E-state index in [9.17, 15) is 14.7 Å². The summed E-state index contributed by atoms with van der Waals surface area (Å²) in [5.74, 6) is -0.780. The molecule has 114 valence electrons. The Balaban J connectivity index is 1.86. The summed E-state index contributed by atoms with van der Waals surface area (Å²) in [7, 11) is 0. The summed E-state index contributed by atoms with van der Waals surface area (Å²) in [6, 6.07) is -0.102. The van der Waals surface area contributed by atoms with E-state index < -0.39 is 11.4 Å². The highest BCUT2D eigenvalue weighted by molar-refractivity contribution is 5.79. The molecule has 2 fully saturated rings. The average molecular weight is 282 g/mol. The van der Waals surface area contributed by atoms with Crippen LogP contribution in [0.3, 0.4) is 0 Å². The number of carbonyl (C=O) groups is 2. The van der Waals surface area contributed by atoms with Crippen molar-refractivity contribution in [2.75, 3.05) is 19.6 Å². The molecule has 0 radical (unpaired) electrons. The van der Waals surface area contributed by atoms with E-state index in [1.807, 2.05) is 6.92 Å². The molecule has 1 saturated heterocycles. The van der Waals surface area contributed by atoms with Crippen LogP contribution in [0.4, 0.5) is 4.79 Å². The van der Waals surface area contributed by atoms with Crippen LogP contribution < -0.4 is 5.32 Å². The van der Waals surface area contributed by atoms with Crippen molar-refractivity contribution in [3.8, 4) is 0 Å². The number of amides is 2. The Hall–Kier alpha value is -1.26. The number of carbonyl (C=O) groups excluding carboxylic acids is 1. The fraction of sp³-hybridized carbons (Fsp3) is 0.867. The number of nitrogens with one attached hydrogen (secondary N) is 1. The molecule has 0 aromatic carbocycles. The van der Waals surface area contributed by atoms with Gasteiger partial charge in [-0.05, 0) is 31.1 Å². The summed E-state index contributed by atoms with van der Waals surface area (Å²) in [5.41, 5.74) is -0.515. The van der Waals surface area contributed by atoms with Gasteiger partial charge >= 0.3 is 12.0 Å². The summed E-state index contributed by atoms with van der Waals surface area (Å²) < 4.78 is 0. The first-order valence-electron chi connectivity index (χ1n) is 7.67. The lowest BCUT2D eigenvalue weighted by atomic mass is 9.84. The van der Waals surface area contributed by atoms with Crippen LogP contribution in [-0.4, -0.2) is 41.6 Å². The lowest BCUT2D eigenvalue weighted by Gasteiger charge is -2.27. The van der Waals surface area contributed by atoms with Gasteiger partial charge < -0.3 is 15.3 Å². The first-order chi connectivity index (χ1) is 9.41. The number of aliphatic carboxylic acids is 1. The van der Waals surface area contributed by atoms with Gasteiger partial charge in [0.2, 0.25) is 0 Å². The zero-order chi connectivity index (χ0) is 14.8. The Morgan fingerprint density at radius 1 is 1.25 bits per heavy atom. The molecule has 1 unspecified atom stereocenters. The highest BCUT2D eigenvalue weighted by Crippen LogP contribution is 2.37. The lowest BCUT2D eigenvalue weighted by molar-refractivity contribution is -0.148. The van der Waals surface area contributed by atoms with E-state index in [4.69, 9.17) is 0 Å². The largest absolute Gasteiger partial charge is 0.481 e. The first kappa shape index (κ1) is 15.1. The van der Waals surface area contributed by atoms with Gasteiger partial charge in [-0.25, -0.2) is 4.79 Å². The summed E-state index contributed by atoms with van der Waals surface area (Å²) >= 11 is 0. The molecular weight excluding hydrogens is 256 g/mol. The molecule has 0 aromatic rings. The van der Waals surface area contributed by atoms with Gasteiger partial charge in [0.05, 0.1) is 5.41 Å². The zero-order valence-corrected chi connectivity index (χ0v) is 12.6. The molecule has 2 amide bonds. The van der Waals surface area contributed by atoms with Crippen LogP contribution in [0.5, 0.6) is 0 Å². The van der Waals surface area contributed by atoms with Crippen LogP contribution in [-0.2, 0) is 4.79 Å². The normalized spacial score (nSPS) is 28.6. The molecule has 2 rings (SSSR count). The second-order valence-corrected chi connectivity index (χ2v) is 6.79. The Labute approximate surface area is 120 Å². The smallest absolute Gasteiger partial charge is 0.317 e. The number of hydrogen-bond acceptors (Lipinski definition) is 2. The van der Waals surface area contributed by atoms with Crippen molar-refractivity contribution >= 4 is 12.0 Å². The van der Waals surface area contributed by atoms with Crippen LogP contribution in [0.25, 0.3) is 0 Å². The Kier molecular flexibility index (Phi) is 4.25. The molecule has 0 spiro atoms. The van der Waals surface area contributed by atoms with Gasteiger partial charge in [0, 0.05) is 19.6 Å². The molecule has 1 heterocycles. The van der Waals surface area contributed by atoms with E-state index in [1.165, 1.54) is 25.7 Å². The van der Waals surface area contributed by atoms with E-state index in [0.29, 0.717) is 32.5 Å². The maximum absolute atomic E-state index is 12.2. The Morgan fingerprint density at radius 3 is 2.40 bits per heavy atom. The molecule has 1 atom stereocenters. The van der Waals surface area contributed by atoms with Gasteiger partial charge in [-0.3, -0.25) is 4.79 Å². The topological polar surface area (TPSA) is 69.6 Å². The highest BCUT2D eigenvalue weighted by atomic mass is 16.4. The minimum absolute atomic E-state index is 0.102. The maximum atomic E-state index is 12.2. The van der Waals surface area contributed by atoms with Gasteiger partial charge in [0.1, 0.15) is 0 Å². The molecule has 20 heavy (non-hydrogen) atoms. The number of hydrogen-bond donors (Lipinski definition) is 2. The van der Waals surface area contributed by atoms with Crippen molar-refractivity contribution in [1.82, 2.24) is 10.2 Å². The summed E-state index contributed by atoms with van der Waals surface area (Å²) in [4.78, 5) is 25.2. The molecule has 5 heteroatoms. The molecule has 0 bridgehead atoms. The number of nitrogens with zero attached hydrogens (tertiary/aromatic N) is 1. The molecule has 1 saturated carbocycles. The number of carboxylic acids is 1. The van der Waals surface area contributed by atoms with Crippen molar-refractivity contribution in [2.45, 2.75) is 52.4 Å². The van der Waals surface area contributed by atoms with Crippen molar-refractivity contribution < 1.29 is 14.7 Å². The van der Waals surface area contributed by atoms with Crippen LogP contribution in [0.1, 0.15) is 52.4 Å². The maximum Gasteiger partial charge on any atom is 0.317 e. The third-order valence-electron chi connectivity index (χ3n) is 5.25. The highest BCUT2D eigenvalue weighted by Gasteiger charge is 2.45. The molecule has 1 aliphatic carbocycles. The standard InChI is InChI=1S/C15H26N2O3/c1-3-15(12(18)19)8-9-17(11-15)13(20)16-10-14(2)6-4-5-7-14/h3-11H2,1-2H3,(H,16,20)(H,18,19). The predicted molar refractivity (Wildman–Crippen MR) is 76.5 cm³/mol. The van der Waals surface area contributed by atoms with E-state index in [0.717, 1.165) is 0 Å². The Bertz CT molecular complexity index is 391. The zero-order valence-electron chi connectivity index (χ0n) is 12.6. The molecule has 2 N–H and O–H groups in total. The number of rotatable bonds is 4. The van der Waals surface area contributed by atoms with E-state index in [1.54, 1.807) is 4.90 Å². The monoisotopic (exact) mass is 282 g/mol. The fourth-order valence-electron chi connectivity index (χ4n) is 3.47. The second kappa shape index (κ2) is 5.62. The predicted octanol–water partition coefficient (Wildman–Crippen LogP) is 2.46. The summed E-state index contributed by atoms with van der Waals surface area (Å²) in [6.45, 7) is 5.69. The molecule has 0 aromatic heterocycles. The van der Waals surface area contributed by atoms with Gasteiger partial charge in [-0.1, -0.05) is 26.7 Å². The van der Waals surface area contributed by atoms with Gasteiger partial charge in [-0.2, -0.15) is 0 Å². The van der Waals surface area contributed by atoms with Crippen LogP contribution in [0, 0.1) is 10.8 Å². The van der Waals surface area contributed by atoms with Crippen LogP contribution in [0.15, 0.2) is 0 Å². The summed E-state index contributed by atoms with van der Waals surface area (Å²) in [6.07, 6.45) is 5.96. The average Bonchev–Trinajstić information content (AvgIpc) is 3.04. The van der Waals surface area contributed by atoms with Gasteiger partial charge in [0.15, 0.2) is 0 Å². The lowest BCUT2D eigenvalue weighted by Crippen LogP contribution is -2.44. The minimum Gasteiger partial charge on any atom is -0.481 e. The van der Waals surface area contributed by atoms with Gasteiger partial charge in [0.25, 0.3) is 0 Å². The van der Waals surface area contributed by atoms with Crippen molar-refractivity contribution in [1.29, 1.82) is 0 Å². The fourth-order valence-corrected chi connectivity index (χ4v) is 3.47. The third-order valence-corrected chi connectivity index (χ3v) is 5.25. The van der Waals surface area contributed by atoms with E-state index in [2.05, 4.69) is 12.2 Å². The minimum atomic E-state index is -0.780. The first-order valence-corrected chi connectivity index (χ1v) is 7.67. The molecular formula is C15H26N2O3. The number of carboxylic acid groups (broad SMARTS) is 1. The number of likely N-dealkylation sites (tertiary alicyclic amines) is 1. The quantitative estimate of drug-likeness (QED) is 0.832. The molecule has 2 aliphatic rings. The van der Waals surface area contributed by atoms with Crippen LogP contribution in [0.2, 0.25) is 0 Å². The molecule has 1 aliphatic heterocycles. The van der Waals surface area contributed by atoms with E-state index in [-0.39, 0.29) is 11.4 Å². The Morgan fingerprint density at radius 2 is 1.90 bits per heavy atom. The molecule has 5 nitrogen and oxygen atoms in total. The van der Waals surface area contributed by atoms with Crippen molar-refractivity contribution in [3.63, 3.8) is 0 Å². The second-order valence-electron chi connectivity index (χ2n) is 6.79. The number of urea groups is 1. The van der Waals surface area contributed by atoms with Crippen LogP contribution >= 0.6 is 0 Å². The SMILES string of the molecule is CCC1(C(=O)O)CCN(C(=O)NCC2(C)CCCC2)C1.